The Morgan fingerprint density at radius 2 is 1.07 bits per heavy atom. The number of hydrogen-bond donors (Lipinski definition) is 6. The third kappa shape index (κ3) is 29.2. The normalized spacial score (nSPS) is 21.4. The van der Waals surface area contributed by atoms with Gasteiger partial charge in [-0.2, -0.15) is 0 Å². The van der Waals surface area contributed by atoms with Crippen molar-refractivity contribution in [3.05, 3.63) is 60.8 Å². The largest absolute Gasteiger partial charge is 0.394 e. The maximum absolute atomic E-state index is 13.0. The minimum absolute atomic E-state index is 0.149. The molecule has 6 N–H and O–H groups in total. The molecule has 336 valence electrons. The summed E-state index contributed by atoms with van der Waals surface area (Å²) in [4.78, 5) is 13.0. The lowest BCUT2D eigenvalue weighted by Gasteiger charge is -2.40. The topological polar surface area (TPSA) is 149 Å². The lowest BCUT2D eigenvalue weighted by Crippen LogP contribution is -2.60. The maximum Gasteiger partial charge on any atom is 0.220 e. The monoisotopic (exact) mass is 818 g/mol. The van der Waals surface area contributed by atoms with Crippen LogP contribution in [0.5, 0.6) is 0 Å². The molecule has 0 aromatic rings. The molecule has 0 aliphatic carbocycles. The van der Waals surface area contributed by atoms with E-state index in [9.17, 15) is 30.3 Å². The smallest absolute Gasteiger partial charge is 0.220 e. The fourth-order valence-corrected chi connectivity index (χ4v) is 7.13. The van der Waals surface area contributed by atoms with Crippen LogP contribution in [0.1, 0.15) is 187 Å². The van der Waals surface area contributed by atoms with Crippen LogP contribution in [0.4, 0.5) is 0 Å². The van der Waals surface area contributed by atoms with Crippen molar-refractivity contribution in [3.8, 4) is 0 Å². The van der Waals surface area contributed by atoms with E-state index in [2.05, 4.69) is 79.9 Å². The van der Waals surface area contributed by atoms with Gasteiger partial charge in [-0.05, 0) is 57.8 Å². The maximum atomic E-state index is 13.0. The molecule has 0 saturated carbocycles. The number of nitrogens with one attached hydrogen (secondary N) is 1. The summed E-state index contributed by atoms with van der Waals surface area (Å²) in [7, 11) is 0. The number of aliphatic hydroxyl groups excluding tert-OH is 5. The first-order valence-electron chi connectivity index (χ1n) is 23.5. The molecule has 1 aliphatic rings. The van der Waals surface area contributed by atoms with Gasteiger partial charge in [-0.1, -0.05) is 184 Å². The standard InChI is InChI=1S/C49H87NO8/c1-3-5-7-9-11-13-15-17-19-20-21-22-23-24-25-27-29-31-33-35-37-39-45(53)50-42(41-57-49-48(56)47(55)46(54)44(40-51)58-49)43(52)38-36-34-32-30-28-26-18-16-14-12-10-8-6-4-2/h5,7,11,13,17,19,21-22,24-25,42-44,46-49,51-52,54-56H,3-4,6,8-10,12,14-16,18,20,23,26-41H2,1-2H3,(H,50,53)/b7-5-,13-11-,19-17-,22-21-,25-24-. The molecule has 9 heteroatoms. The molecule has 0 aromatic carbocycles. The third-order valence-corrected chi connectivity index (χ3v) is 10.9. The van der Waals surface area contributed by atoms with E-state index < -0.39 is 49.5 Å². The van der Waals surface area contributed by atoms with Gasteiger partial charge in [0.15, 0.2) is 6.29 Å². The summed E-state index contributed by atoms with van der Waals surface area (Å²) in [5, 5.41) is 54.4. The van der Waals surface area contributed by atoms with Gasteiger partial charge in [0, 0.05) is 6.42 Å². The number of carbonyl (C=O) groups excluding carboxylic acids is 1. The van der Waals surface area contributed by atoms with Gasteiger partial charge in [-0.15, -0.1) is 0 Å². The molecule has 1 amide bonds. The van der Waals surface area contributed by atoms with E-state index in [1.54, 1.807) is 0 Å². The number of hydrogen-bond acceptors (Lipinski definition) is 8. The predicted molar refractivity (Wildman–Crippen MR) is 239 cm³/mol. The van der Waals surface area contributed by atoms with E-state index in [4.69, 9.17) is 9.47 Å². The van der Waals surface area contributed by atoms with E-state index in [0.717, 1.165) is 89.9 Å². The number of aliphatic hydroxyl groups is 5. The van der Waals surface area contributed by atoms with Gasteiger partial charge in [0.05, 0.1) is 25.4 Å². The zero-order valence-electron chi connectivity index (χ0n) is 36.8. The van der Waals surface area contributed by atoms with Crippen molar-refractivity contribution < 1.29 is 39.8 Å². The lowest BCUT2D eigenvalue weighted by molar-refractivity contribution is -0.302. The second-order valence-electron chi connectivity index (χ2n) is 16.2. The van der Waals surface area contributed by atoms with Crippen LogP contribution in [-0.2, 0) is 14.3 Å². The summed E-state index contributed by atoms with van der Waals surface area (Å²) in [5.74, 6) is -0.166. The molecule has 7 unspecified atom stereocenters. The second-order valence-corrected chi connectivity index (χ2v) is 16.2. The molecule has 9 nitrogen and oxygen atoms in total. The summed E-state index contributed by atoms with van der Waals surface area (Å²) >= 11 is 0. The molecule has 1 rings (SSSR count). The van der Waals surface area contributed by atoms with Crippen molar-refractivity contribution >= 4 is 5.91 Å². The van der Waals surface area contributed by atoms with Crippen molar-refractivity contribution in [1.82, 2.24) is 5.32 Å². The van der Waals surface area contributed by atoms with E-state index in [0.29, 0.717) is 12.8 Å². The number of amides is 1. The minimum atomic E-state index is -1.56. The highest BCUT2D eigenvalue weighted by Crippen LogP contribution is 2.23. The van der Waals surface area contributed by atoms with Gasteiger partial charge < -0.3 is 40.3 Å². The van der Waals surface area contributed by atoms with Crippen LogP contribution in [-0.4, -0.2) is 87.5 Å². The molecule has 1 saturated heterocycles. The molecular weight excluding hydrogens is 731 g/mol. The van der Waals surface area contributed by atoms with Crippen molar-refractivity contribution in [2.75, 3.05) is 13.2 Å². The van der Waals surface area contributed by atoms with Gasteiger partial charge >= 0.3 is 0 Å². The fourth-order valence-electron chi connectivity index (χ4n) is 7.13. The van der Waals surface area contributed by atoms with Gasteiger partial charge in [0.25, 0.3) is 0 Å². The average molecular weight is 818 g/mol. The highest BCUT2D eigenvalue weighted by atomic mass is 16.7. The summed E-state index contributed by atoms with van der Waals surface area (Å²) < 4.78 is 11.2. The van der Waals surface area contributed by atoms with Crippen molar-refractivity contribution in [1.29, 1.82) is 0 Å². The van der Waals surface area contributed by atoms with Gasteiger partial charge in [0.2, 0.25) is 5.91 Å². The first-order chi connectivity index (χ1) is 28.3. The SMILES string of the molecule is CC/C=C\C/C=C\C/C=C\C/C=C\C/C=C\CCCCCCCC(=O)NC(COC1OC(CO)C(O)C(O)C1O)C(O)CCCCCCCCCCCCCCCC. The third-order valence-electron chi connectivity index (χ3n) is 10.9. The van der Waals surface area contributed by atoms with Gasteiger partial charge in [0.1, 0.15) is 24.4 Å². The second kappa shape index (κ2) is 39.1. The Hall–Kier alpha value is -2.11. The van der Waals surface area contributed by atoms with Crippen LogP contribution in [0, 0.1) is 0 Å². The lowest BCUT2D eigenvalue weighted by atomic mass is 9.99. The number of unbranched alkanes of at least 4 members (excludes halogenated alkanes) is 18. The average Bonchev–Trinajstić information content (AvgIpc) is 3.22. The molecule has 0 radical (unpaired) electrons. The Balaban J connectivity index is 2.34. The van der Waals surface area contributed by atoms with Gasteiger partial charge in [-0.25, -0.2) is 0 Å². The van der Waals surface area contributed by atoms with Crippen molar-refractivity contribution in [3.63, 3.8) is 0 Å². The van der Waals surface area contributed by atoms with E-state index in [1.165, 1.54) is 70.6 Å². The van der Waals surface area contributed by atoms with E-state index >= 15 is 0 Å². The molecule has 0 bridgehead atoms. The number of allylic oxidation sites excluding steroid dienone is 10. The summed E-state index contributed by atoms with van der Waals surface area (Å²) in [5.41, 5.74) is 0. The van der Waals surface area contributed by atoms with Crippen LogP contribution in [0.3, 0.4) is 0 Å². The molecule has 1 heterocycles. The summed E-state index contributed by atoms with van der Waals surface area (Å²) in [6.07, 6.45) is 43.6. The first kappa shape index (κ1) is 53.9. The van der Waals surface area contributed by atoms with Crippen molar-refractivity contribution in [2.24, 2.45) is 0 Å². The Morgan fingerprint density at radius 3 is 1.59 bits per heavy atom. The zero-order chi connectivity index (χ0) is 42.3. The Kier molecular flexibility index (Phi) is 36.3. The van der Waals surface area contributed by atoms with Crippen LogP contribution < -0.4 is 5.32 Å². The molecule has 0 aromatic heterocycles. The Morgan fingerprint density at radius 1 is 0.603 bits per heavy atom. The van der Waals surface area contributed by atoms with Crippen molar-refractivity contribution in [2.45, 2.75) is 230 Å². The fraction of sp³-hybridized carbons (Fsp3) is 0.776. The minimum Gasteiger partial charge on any atom is -0.394 e. The van der Waals surface area contributed by atoms with Gasteiger partial charge in [-0.3, -0.25) is 4.79 Å². The highest BCUT2D eigenvalue weighted by molar-refractivity contribution is 5.76. The molecule has 0 spiro atoms. The van der Waals surface area contributed by atoms with Crippen LogP contribution >= 0.6 is 0 Å². The molecule has 58 heavy (non-hydrogen) atoms. The number of carbonyl (C=O) groups is 1. The summed E-state index contributed by atoms with van der Waals surface area (Å²) in [6, 6.07) is -0.731. The van der Waals surface area contributed by atoms with Crippen LogP contribution in [0.25, 0.3) is 0 Å². The van der Waals surface area contributed by atoms with Crippen LogP contribution in [0.2, 0.25) is 0 Å². The number of rotatable bonds is 38. The van der Waals surface area contributed by atoms with E-state index in [1.807, 2.05) is 0 Å². The highest BCUT2D eigenvalue weighted by Gasteiger charge is 2.44. The molecule has 7 atom stereocenters. The summed E-state index contributed by atoms with van der Waals surface area (Å²) in [6.45, 7) is 3.70. The zero-order valence-corrected chi connectivity index (χ0v) is 36.8. The Bertz CT molecular complexity index is 1090. The Labute approximate surface area is 354 Å². The number of ether oxygens (including phenoxy) is 2. The molecule has 1 aliphatic heterocycles. The molecular formula is C49H87NO8. The quantitative estimate of drug-likeness (QED) is 0.0267. The molecule has 1 fully saturated rings. The first-order valence-corrected chi connectivity index (χ1v) is 23.5. The van der Waals surface area contributed by atoms with E-state index in [-0.39, 0.29) is 12.5 Å². The predicted octanol–water partition coefficient (Wildman–Crippen LogP) is 10.0. The van der Waals surface area contributed by atoms with Crippen LogP contribution in [0.15, 0.2) is 60.8 Å².